The Balaban J connectivity index is 2.94. The van der Waals surface area contributed by atoms with Crippen LogP contribution >= 0.6 is 0 Å². The molecular formula is C16H25NO. The van der Waals surface area contributed by atoms with Gasteiger partial charge in [-0.3, -0.25) is 9.69 Å². The van der Waals surface area contributed by atoms with E-state index in [2.05, 4.69) is 45.6 Å². The lowest BCUT2D eigenvalue weighted by Crippen LogP contribution is -2.35. The monoisotopic (exact) mass is 247 g/mol. The zero-order chi connectivity index (χ0) is 13.9. The van der Waals surface area contributed by atoms with Crippen molar-refractivity contribution in [3.05, 3.63) is 34.4 Å². The van der Waals surface area contributed by atoms with Crippen LogP contribution in [0.25, 0.3) is 0 Å². The summed E-state index contributed by atoms with van der Waals surface area (Å²) in [6, 6.07) is 4.54. The average Bonchev–Trinajstić information content (AvgIpc) is 2.29. The second kappa shape index (κ2) is 6.14. The molecule has 1 aromatic carbocycles. The van der Waals surface area contributed by atoms with Crippen molar-refractivity contribution in [1.29, 1.82) is 0 Å². The van der Waals surface area contributed by atoms with Crippen LogP contribution in [0.1, 0.15) is 47.8 Å². The van der Waals surface area contributed by atoms with E-state index in [0.29, 0.717) is 12.6 Å². The largest absolute Gasteiger partial charge is 0.294 e. The van der Waals surface area contributed by atoms with Crippen LogP contribution in [-0.4, -0.2) is 29.8 Å². The first-order valence-electron chi connectivity index (χ1n) is 6.71. The summed E-state index contributed by atoms with van der Waals surface area (Å²) < 4.78 is 0. The number of carbonyl (C=O) groups is 1. The first-order chi connectivity index (χ1) is 8.36. The minimum absolute atomic E-state index is 0.228. The van der Waals surface area contributed by atoms with Gasteiger partial charge in [-0.05, 0) is 63.9 Å². The van der Waals surface area contributed by atoms with Crippen molar-refractivity contribution in [1.82, 2.24) is 4.90 Å². The average molecular weight is 247 g/mol. The second-order valence-corrected chi connectivity index (χ2v) is 5.33. The molecule has 0 fully saturated rings. The summed E-state index contributed by atoms with van der Waals surface area (Å²) in [6.45, 7) is 13.9. The fourth-order valence-electron chi connectivity index (χ4n) is 2.19. The quantitative estimate of drug-likeness (QED) is 0.742. The fourth-order valence-corrected chi connectivity index (χ4v) is 2.19. The number of rotatable bonds is 5. The van der Waals surface area contributed by atoms with Gasteiger partial charge >= 0.3 is 0 Å². The molecule has 0 aromatic heterocycles. The molecule has 0 aliphatic rings. The Kier molecular flexibility index (Phi) is 5.09. The molecule has 0 aliphatic carbocycles. The Labute approximate surface area is 111 Å². The van der Waals surface area contributed by atoms with E-state index in [-0.39, 0.29) is 5.78 Å². The Morgan fingerprint density at radius 3 is 2.17 bits per heavy atom. The summed E-state index contributed by atoms with van der Waals surface area (Å²) in [7, 11) is 0. The van der Waals surface area contributed by atoms with Gasteiger partial charge < -0.3 is 0 Å². The third kappa shape index (κ3) is 3.42. The van der Waals surface area contributed by atoms with Crippen LogP contribution in [0.2, 0.25) is 0 Å². The standard InChI is InChI=1S/C16H25NO/c1-7-17(11(2)3)10-16(18)15-9-13(5)12(4)8-14(15)6/h8-9,11H,7,10H2,1-6H3. The minimum Gasteiger partial charge on any atom is -0.294 e. The molecule has 0 radical (unpaired) electrons. The lowest BCUT2D eigenvalue weighted by atomic mass is 9.98. The molecule has 0 unspecified atom stereocenters. The molecular weight excluding hydrogens is 222 g/mol. The molecule has 18 heavy (non-hydrogen) atoms. The Morgan fingerprint density at radius 1 is 1.11 bits per heavy atom. The predicted octanol–water partition coefficient (Wildman–Crippen LogP) is 3.52. The van der Waals surface area contributed by atoms with Gasteiger partial charge in [-0.25, -0.2) is 0 Å². The summed E-state index contributed by atoms with van der Waals surface area (Å²) in [5.74, 6) is 0.228. The molecule has 0 spiro atoms. The molecule has 1 aromatic rings. The summed E-state index contributed by atoms with van der Waals surface area (Å²) in [5.41, 5.74) is 4.40. The van der Waals surface area contributed by atoms with Gasteiger partial charge in [-0.2, -0.15) is 0 Å². The first-order valence-corrected chi connectivity index (χ1v) is 6.71. The summed E-state index contributed by atoms with van der Waals surface area (Å²) in [6.07, 6.45) is 0. The first kappa shape index (κ1) is 14.9. The van der Waals surface area contributed by atoms with Crippen molar-refractivity contribution >= 4 is 5.78 Å². The number of nitrogens with zero attached hydrogens (tertiary/aromatic N) is 1. The smallest absolute Gasteiger partial charge is 0.177 e. The molecule has 1 rings (SSSR count). The van der Waals surface area contributed by atoms with Crippen molar-refractivity contribution in [2.24, 2.45) is 0 Å². The normalized spacial score (nSPS) is 11.3. The molecule has 0 bridgehead atoms. The van der Waals surface area contributed by atoms with Crippen LogP contribution in [0.3, 0.4) is 0 Å². The van der Waals surface area contributed by atoms with Crippen molar-refractivity contribution in [2.45, 2.75) is 47.6 Å². The Hall–Kier alpha value is -1.15. The molecule has 2 nitrogen and oxygen atoms in total. The SMILES string of the molecule is CCN(CC(=O)c1cc(C)c(C)cc1C)C(C)C. The topological polar surface area (TPSA) is 20.3 Å². The van der Waals surface area contributed by atoms with Crippen molar-refractivity contribution in [3.8, 4) is 0 Å². The van der Waals surface area contributed by atoms with Gasteiger partial charge in [0, 0.05) is 11.6 Å². The molecule has 0 heterocycles. The third-order valence-corrected chi connectivity index (χ3v) is 3.62. The van der Waals surface area contributed by atoms with E-state index >= 15 is 0 Å². The lowest BCUT2D eigenvalue weighted by molar-refractivity contribution is 0.0910. The van der Waals surface area contributed by atoms with Gasteiger partial charge in [0.2, 0.25) is 0 Å². The number of hydrogen-bond donors (Lipinski definition) is 0. The van der Waals surface area contributed by atoms with Gasteiger partial charge in [0.1, 0.15) is 0 Å². The van der Waals surface area contributed by atoms with Crippen LogP contribution in [0.5, 0.6) is 0 Å². The number of ketones is 1. The van der Waals surface area contributed by atoms with Gasteiger partial charge in [0.05, 0.1) is 6.54 Å². The van der Waals surface area contributed by atoms with Gasteiger partial charge in [-0.1, -0.05) is 13.0 Å². The number of carbonyl (C=O) groups excluding carboxylic acids is 1. The summed E-state index contributed by atoms with van der Waals surface area (Å²) >= 11 is 0. The molecule has 2 heteroatoms. The van der Waals surface area contributed by atoms with Crippen LogP contribution in [0.4, 0.5) is 0 Å². The summed E-state index contributed by atoms with van der Waals surface area (Å²) in [5, 5.41) is 0. The maximum atomic E-state index is 12.4. The maximum absolute atomic E-state index is 12.4. The van der Waals surface area contributed by atoms with Gasteiger partial charge in [0.25, 0.3) is 0 Å². The highest BCUT2D eigenvalue weighted by Gasteiger charge is 2.16. The van der Waals surface area contributed by atoms with Gasteiger partial charge in [0.15, 0.2) is 5.78 Å². The van der Waals surface area contributed by atoms with E-state index in [9.17, 15) is 4.79 Å². The lowest BCUT2D eigenvalue weighted by Gasteiger charge is -2.24. The van der Waals surface area contributed by atoms with E-state index < -0.39 is 0 Å². The Bertz CT molecular complexity index is 435. The molecule has 0 atom stereocenters. The number of aryl methyl sites for hydroxylation is 3. The van der Waals surface area contributed by atoms with E-state index in [0.717, 1.165) is 17.7 Å². The van der Waals surface area contributed by atoms with Crippen molar-refractivity contribution in [2.75, 3.05) is 13.1 Å². The molecule has 0 saturated carbocycles. The highest BCUT2D eigenvalue weighted by atomic mass is 16.1. The van der Waals surface area contributed by atoms with Crippen LogP contribution in [0, 0.1) is 20.8 Å². The minimum atomic E-state index is 0.228. The third-order valence-electron chi connectivity index (χ3n) is 3.62. The predicted molar refractivity (Wildman–Crippen MR) is 77.4 cm³/mol. The van der Waals surface area contributed by atoms with Crippen LogP contribution in [-0.2, 0) is 0 Å². The van der Waals surface area contributed by atoms with E-state index in [1.54, 1.807) is 0 Å². The van der Waals surface area contributed by atoms with Crippen molar-refractivity contribution in [3.63, 3.8) is 0 Å². The maximum Gasteiger partial charge on any atom is 0.177 e. The van der Waals surface area contributed by atoms with E-state index in [1.807, 2.05) is 13.0 Å². The number of benzene rings is 1. The van der Waals surface area contributed by atoms with E-state index in [1.165, 1.54) is 11.1 Å². The highest BCUT2D eigenvalue weighted by Crippen LogP contribution is 2.16. The number of hydrogen-bond acceptors (Lipinski definition) is 2. The second-order valence-electron chi connectivity index (χ2n) is 5.33. The number of Topliss-reactive ketones (excluding diaryl/α,β-unsaturated/α-hetero) is 1. The Morgan fingerprint density at radius 2 is 1.67 bits per heavy atom. The van der Waals surface area contributed by atoms with Gasteiger partial charge in [-0.15, -0.1) is 0 Å². The van der Waals surface area contributed by atoms with E-state index in [4.69, 9.17) is 0 Å². The molecule has 100 valence electrons. The van der Waals surface area contributed by atoms with Crippen molar-refractivity contribution < 1.29 is 4.79 Å². The van der Waals surface area contributed by atoms with Crippen LogP contribution in [0.15, 0.2) is 12.1 Å². The molecule has 0 saturated heterocycles. The molecule has 0 amide bonds. The number of likely N-dealkylation sites (N-methyl/N-ethyl adjacent to an activating group) is 1. The zero-order valence-corrected chi connectivity index (χ0v) is 12.5. The fraction of sp³-hybridized carbons (Fsp3) is 0.562. The zero-order valence-electron chi connectivity index (χ0n) is 12.5. The summed E-state index contributed by atoms with van der Waals surface area (Å²) in [4.78, 5) is 14.6. The molecule has 0 N–H and O–H groups in total. The highest BCUT2D eigenvalue weighted by molar-refractivity contribution is 5.99. The van der Waals surface area contributed by atoms with Crippen LogP contribution < -0.4 is 0 Å². The molecule has 0 aliphatic heterocycles.